The van der Waals surface area contributed by atoms with Crippen LogP contribution in [0, 0.1) is 0 Å². The van der Waals surface area contributed by atoms with Gasteiger partial charge in [-0.25, -0.2) is 0 Å². The summed E-state index contributed by atoms with van der Waals surface area (Å²) >= 11 is 1.86. The summed E-state index contributed by atoms with van der Waals surface area (Å²) < 4.78 is 2.62. The van der Waals surface area contributed by atoms with Crippen molar-refractivity contribution in [1.82, 2.24) is 0 Å². The minimum atomic E-state index is 1.14. The molecule has 0 atom stereocenters. The van der Waals surface area contributed by atoms with Crippen molar-refractivity contribution in [2.75, 3.05) is 4.90 Å². The quantitative estimate of drug-likeness (QED) is 0.205. The molecule has 0 spiro atoms. The van der Waals surface area contributed by atoms with Crippen molar-refractivity contribution in [3.8, 4) is 22.3 Å². The first-order chi connectivity index (χ1) is 20.8. The molecule has 0 saturated heterocycles. The van der Waals surface area contributed by atoms with E-state index in [9.17, 15) is 0 Å². The molecule has 0 aliphatic rings. The van der Waals surface area contributed by atoms with Gasteiger partial charge in [0.25, 0.3) is 0 Å². The second-order valence-corrected chi connectivity index (χ2v) is 11.7. The second kappa shape index (κ2) is 10.3. The fourth-order valence-electron chi connectivity index (χ4n) is 5.96. The first-order valence-corrected chi connectivity index (χ1v) is 15.1. The Labute approximate surface area is 249 Å². The fourth-order valence-corrected chi connectivity index (χ4v) is 7.17. The summed E-state index contributed by atoms with van der Waals surface area (Å²) in [5.41, 5.74) is 8.36. The SMILES string of the molecule is c1ccc(N(c2ccc(-c3cccc(-c4ccc5ccccc5c4)c3)cc2)c2cccc3c2sc2ccccc23)cc1. The number of thiophene rings is 1. The van der Waals surface area contributed by atoms with Gasteiger partial charge in [0.1, 0.15) is 0 Å². The third-order valence-electron chi connectivity index (χ3n) is 8.04. The number of para-hydroxylation sites is 1. The summed E-state index contributed by atoms with van der Waals surface area (Å²) in [7, 11) is 0. The average Bonchev–Trinajstić information content (AvgIpc) is 3.45. The molecule has 2 heteroatoms. The van der Waals surface area contributed by atoms with Gasteiger partial charge in [-0.05, 0) is 81.6 Å². The first-order valence-electron chi connectivity index (χ1n) is 14.3. The Kier molecular flexibility index (Phi) is 6.05. The van der Waals surface area contributed by atoms with Crippen molar-refractivity contribution in [3.63, 3.8) is 0 Å². The molecule has 0 aliphatic heterocycles. The molecular weight excluding hydrogens is 527 g/mol. The van der Waals surface area contributed by atoms with Crippen LogP contribution in [0.15, 0.2) is 164 Å². The third kappa shape index (κ3) is 4.34. The van der Waals surface area contributed by atoms with E-state index in [-0.39, 0.29) is 0 Å². The topological polar surface area (TPSA) is 3.24 Å². The highest BCUT2D eigenvalue weighted by Crippen LogP contribution is 2.44. The van der Waals surface area contributed by atoms with E-state index in [1.54, 1.807) is 0 Å². The molecule has 0 unspecified atom stereocenters. The standard InChI is InChI=1S/C40H27NS/c1-2-14-34(15-3-1)41(38-18-9-17-37-36-16-6-7-19-39(36)42-40(37)38)35-24-22-29(23-25-35)31-12-8-13-32(26-31)33-21-20-28-10-4-5-11-30(28)27-33/h1-27H. The zero-order valence-corrected chi connectivity index (χ0v) is 23.8. The predicted octanol–water partition coefficient (Wildman–Crippen LogP) is 12.0. The van der Waals surface area contributed by atoms with Gasteiger partial charge in [-0.2, -0.15) is 0 Å². The normalized spacial score (nSPS) is 11.3. The van der Waals surface area contributed by atoms with Gasteiger partial charge in [-0.1, -0.05) is 115 Å². The molecule has 8 aromatic rings. The van der Waals surface area contributed by atoms with Crippen LogP contribution in [0.3, 0.4) is 0 Å². The smallest absolute Gasteiger partial charge is 0.0640 e. The second-order valence-electron chi connectivity index (χ2n) is 10.6. The van der Waals surface area contributed by atoms with Gasteiger partial charge in [0.05, 0.1) is 10.4 Å². The van der Waals surface area contributed by atoms with E-state index in [4.69, 9.17) is 0 Å². The van der Waals surface area contributed by atoms with Crippen LogP contribution in [0.2, 0.25) is 0 Å². The van der Waals surface area contributed by atoms with Crippen LogP contribution in [0.25, 0.3) is 53.2 Å². The maximum atomic E-state index is 2.38. The zero-order chi connectivity index (χ0) is 27.9. The van der Waals surface area contributed by atoms with E-state index >= 15 is 0 Å². The molecule has 0 radical (unpaired) electrons. The number of nitrogens with zero attached hydrogens (tertiary/aromatic N) is 1. The summed E-state index contributed by atoms with van der Waals surface area (Å²) in [5.74, 6) is 0. The largest absolute Gasteiger partial charge is 0.309 e. The van der Waals surface area contributed by atoms with Crippen LogP contribution in [-0.2, 0) is 0 Å². The molecule has 0 N–H and O–H groups in total. The Morgan fingerprint density at radius 2 is 1.00 bits per heavy atom. The first kappa shape index (κ1) is 24.6. The maximum Gasteiger partial charge on any atom is 0.0640 e. The number of hydrogen-bond acceptors (Lipinski definition) is 2. The number of fused-ring (bicyclic) bond motifs is 4. The van der Waals surface area contributed by atoms with Gasteiger partial charge < -0.3 is 4.90 Å². The van der Waals surface area contributed by atoms with Crippen molar-refractivity contribution in [2.45, 2.75) is 0 Å². The Balaban J connectivity index is 1.20. The molecule has 1 nitrogen and oxygen atoms in total. The molecule has 0 saturated carbocycles. The van der Waals surface area contributed by atoms with Crippen LogP contribution < -0.4 is 4.90 Å². The lowest BCUT2D eigenvalue weighted by atomic mass is 9.97. The van der Waals surface area contributed by atoms with Gasteiger partial charge in [0.2, 0.25) is 0 Å². The Morgan fingerprint density at radius 3 is 1.86 bits per heavy atom. The van der Waals surface area contributed by atoms with Crippen LogP contribution in [0.4, 0.5) is 17.1 Å². The maximum absolute atomic E-state index is 2.38. The molecule has 0 amide bonds. The zero-order valence-electron chi connectivity index (χ0n) is 22.9. The van der Waals surface area contributed by atoms with E-state index in [0.29, 0.717) is 0 Å². The Morgan fingerprint density at radius 1 is 0.381 bits per heavy atom. The highest BCUT2D eigenvalue weighted by Gasteiger charge is 2.17. The summed E-state index contributed by atoms with van der Waals surface area (Å²) in [6.07, 6.45) is 0. The van der Waals surface area contributed by atoms with Crippen LogP contribution in [0.5, 0.6) is 0 Å². The summed E-state index contributed by atoms with van der Waals surface area (Å²) in [4.78, 5) is 2.38. The minimum absolute atomic E-state index is 1.14. The van der Waals surface area contributed by atoms with Gasteiger partial charge in [0.15, 0.2) is 0 Å². The van der Waals surface area contributed by atoms with E-state index in [2.05, 4.69) is 169 Å². The third-order valence-corrected chi connectivity index (χ3v) is 9.25. The molecule has 1 heterocycles. The Bertz CT molecular complexity index is 2190. The molecule has 7 aromatic carbocycles. The minimum Gasteiger partial charge on any atom is -0.309 e. The van der Waals surface area contributed by atoms with Crippen molar-refractivity contribution in [3.05, 3.63) is 164 Å². The Hall–Kier alpha value is -5.18. The lowest BCUT2D eigenvalue weighted by Gasteiger charge is -2.26. The molecule has 1 aromatic heterocycles. The number of rotatable bonds is 5. The lowest BCUT2D eigenvalue weighted by Crippen LogP contribution is -2.09. The molecule has 0 aliphatic carbocycles. The van der Waals surface area contributed by atoms with Gasteiger partial charge >= 0.3 is 0 Å². The summed E-state index contributed by atoms with van der Waals surface area (Å²) in [5, 5.41) is 5.15. The van der Waals surface area contributed by atoms with Crippen LogP contribution in [-0.4, -0.2) is 0 Å². The van der Waals surface area contributed by atoms with E-state index in [1.165, 1.54) is 58.9 Å². The average molecular weight is 554 g/mol. The van der Waals surface area contributed by atoms with Crippen molar-refractivity contribution < 1.29 is 0 Å². The molecule has 0 bridgehead atoms. The predicted molar refractivity (Wildman–Crippen MR) is 182 cm³/mol. The monoisotopic (exact) mass is 553 g/mol. The summed E-state index contributed by atoms with van der Waals surface area (Å²) in [6.45, 7) is 0. The molecule has 8 rings (SSSR count). The van der Waals surface area contributed by atoms with Gasteiger partial charge in [-0.15, -0.1) is 11.3 Å². The number of anilines is 3. The van der Waals surface area contributed by atoms with Crippen molar-refractivity contribution >= 4 is 59.3 Å². The number of hydrogen-bond donors (Lipinski definition) is 0. The van der Waals surface area contributed by atoms with Crippen LogP contribution in [0.1, 0.15) is 0 Å². The number of benzene rings is 7. The fraction of sp³-hybridized carbons (Fsp3) is 0. The molecule has 198 valence electrons. The highest BCUT2D eigenvalue weighted by molar-refractivity contribution is 7.26. The van der Waals surface area contributed by atoms with Crippen molar-refractivity contribution in [1.29, 1.82) is 0 Å². The highest BCUT2D eigenvalue weighted by atomic mass is 32.1. The van der Waals surface area contributed by atoms with Gasteiger partial charge in [0, 0.05) is 26.8 Å². The van der Waals surface area contributed by atoms with E-state index in [0.717, 1.165) is 11.4 Å². The molecule has 42 heavy (non-hydrogen) atoms. The molecule has 0 fully saturated rings. The lowest BCUT2D eigenvalue weighted by molar-refractivity contribution is 1.30. The van der Waals surface area contributed by atoms with Crippen LogP contribution >= 0.6 is 11.3 Å². The van der Waals surface area contributed by atoms with E-state index in [1.807, 2.05) is 11.3 Å². The van der Waals surface area contributed by atoms with Gasteiger partial charge in [-0.3, -0.25) is 0 Å². The summed E-state index contributed by atoms with van der Waals surface area (Å²) in [6, 6.07) is 59.1. The van der Waals surface area contributed by atoms with E-state index < -0.39 is 0 Å². The molecular formula is C40H27NS. The van der Waals surface area contributed by atoms with Crippen molar-refractivity contribution in [2.24, 2.45) is 0 Å².